The molecule has 150 valence electrons. The maximum Gasteiger partial charge on any atom is 0.340 e. The molecule has 0 radical (unpaired) electrons. The molecule has 1 saturated heterocycles. The van der Waals surface area contributed by atoms with Crippen molar-refractivity contribution in [2.75, 3.05) is 18.2 Å². The fraction of sp³-hybridized carbons (Fsp3) is 0.545. The molecule has 16 heteroatoms. The summed E-state index contributed by atoms with van der Waals surface area (Å²) in [5.74, 6) is -1.28. The van der Waals surface area contributed by atoms with Gasteiger partial charge in [-0.3, -0.25) is 13.7 Å². The highest BCUT2D eigenvalue weighted by Crippen LogP contribution is 2.55. The summed E-state index contributed by atoms with van der Waals surface area (Å²) in [5, 5.41) is 20.3. The van der Waals surface area contributed by atoms with Crippen LogP contribution in [0.25, 0.3) is 11.2 Å². The SMILES string of the molecule is Nc1ncnc2c1ncn2[C@@H]1O[C@H](COP(=O)(O)CP(=O)(O)O)[C@H](O)[C@H]1O. The van der Waals surface area contributed by atoms with Crippen molar-refractivity contribution in [3.63, 3.8) is 0 Å². The van der Waals surface area contributed by atoms with Crippen LogP contribution in [0.4, 0.5) is 5.82 Å². The summed E-state index contributed by atoms with van der Waals surface area (Å²) >= 11 is 0. The lowest BCUT2D eigenvalue weighted by Gasteiger charge is -2.18. The fourth-order valence-corrected chi connectivity index (χ4v) is 5.19. The molecule has 2 aromatic rings. The Morgan fingerprint density at radius 3 is 2.56 bits per heavy atom. The largest absolute Gasteiger partial charge is 0.387 e. The van der Waals surface area contributed by atoms with E-state index in [4.69, 9.17) is 20.3 Å². The van der Waals surface area contributed by atoms with Crippen LogP contribution in [0.5, 0.6) is 0 Å². The van der Waals surface area contributed by atoms with Crippen LogP contribution in [0.15, 0.2) is 12.7 Å². The molecule has 1 unspecified atom stereocenters. The third-order valence-electron chi connectivity index (χ3n) is 3.80. The molecule has 0 bridgehead atoms. The molecule has 0 spiro atoms. The first-order valence-electron chi connectivity index (χ1n) is 7.44. The van der Waals surface area contributed by atoms with Crippen LogP contribution in [0.1, 0.15) is 6.23 Å². The van der Waals surface area contributed by atoms with E-state index < -0.39 is 52.2 Å². The molecule has 2 aromatic heterocycles. The fourth-order valence-electron chi connectivity index (χ4n) is 2.62. The van der Waals surface area contributed by atoms with Gasteiger partial charge in [0.05, 0.1) is 12.9 Å². The van der Waals surface area contributed by atoms with Gasteiger partial charge in [-0.25, -0.2) is 15.0 Å². The lowest BCUT2D eigenvalue weighted by Crippen LogP contribution is -2.33. The average molecular weight is 425 g/mol. The molecular weight excluding hydrogens is 408 g/mol. The molecular formula is C11H17N5O9P2. The maximum absolute atomic E-state index is 11.7. The minimum absolute atomic E-state index is 0.102. The number of nitrogen functional groups attached to an aromatic ring is 1. The van der Waals surface area contributed by atoms with Gasteiger partial charge in [-0.15, -0.1) is 0 Å². The van der Waals surface area contributed by atoms with Crippen LogP contribution < -0.4 is 5.73 Å². The molecule has 0 aliphatic carbocycles. The van der Waals surface area contributed by atoms with E-state index in [9.17, 15) is 24.2 Å². The van der Waals surface area contributed by atoms with E-state index in [1.807, 2.05) is 0 Å². The molecule has 5 atom stereocenters. The molecule has 7 N–H and O–H groups in total. The van der Waals surface area contributed by atoms with Crippen molar-refractivity contribution in [1.82, 2.24) is 19.5 Å². The molecule has 14 nitrogen and oxygen atoms in total. The third-order valence-corrected chi connectivity index (χ3v) is 7.26. The number of rotatable bonds is 6. The number of aliphatic hydroxyl groups is 2. The number of nitrogens with zero attached hydrogens (tertiary/aromatic N) is 4. The number of imidazole rings is 1. The highest BCUT2D eigenvalue weighted by Gasteiger charge is 2.45. The topological polar surface area (TPSA) is 223 Å². The Labute approximate surface area is 151 Å². The molecule has 1 aliphatic heterocycles. The summed E-state index contributed by atoms with van der Waals surface area (Å²) in [7, 11) is -9.42. The Balaban J connectivity index is 1.75. The van der Waals surface area contributed by atoms with Gasteiger partial charge in [-0.1, -0.05) is 0 Å². The smallest absolute Gasteiger partial charge is 0.340 e. The number of ether oxygens (including phenoxy) is 1. The first-order valence-corrected chi connectivity index (χ1v) is 11.0. The Bertz CT molecular complexity index is 932. The van der Waals surface area contributed by atoms with E-state index in [0.717, 1.165) is 0 Å². The molecule has 1 aliphatic rings. The number of aliphatic hydroxyl groups excluding tert-OH is 2. The second-order valence-corrected chi connectivity index (χ2v) is 9.86. The van der Waals surface area contributed by atoms with Crippen molar-refractivity contribution in [3.8, 4) is 0 Å². The molecule has 0 saturated carbocycles. The number of anilines is 1. The van der Waals surface area contributed by atoms with E-state index in [1.165, 1.54) is 17.2 Å². The summed E-state index contributed by atoms with van der Waals surface area (Å²) in [5.41, 5.74) is 6.17. The summed E-state index contributed by atoms with van der Waals surface area (Å²) in [4.78, 5) is 38.8. The van der Waals surface area contributed by atoms with Gasteiger partial charge in [-0.05, 0) is 0 Å². The molecule has 3 rings (SSSR count). The Morgan fingerprint density at radius 2 is 1.89 bits per heavy atom. The van der Waals surface area contributed by atoms with E-state index in [-0.39, 0.29) is 17.0 Å². The van der Waals surface area contributed by atoms with E-state index in [0.29, 0.717) is 0 Å². The van der Waals surface area contributed by atoms with Crippen LogP contribution in [0.3, 0.4) is 0 Å². The van der Waals surface area contributed by atoms with Crippen LogP contribution in [-0.4, -0.2) is 75.2 Å². The minimum Gasteiger partial charge on any atom is -0.387 e. The van der Waals surface area contributed by atoms with Gasteiger partial charge in [0.25, 0.3) is 0 Å². The average Bonchev–Trinajstić information content (AvgIpc) is 3.07. The van der Waals surface area contributed by atoms with E-state index in [2.05, 4.69) is 19.5 Å². The lowest BCUT2D eigenvalue weighted by molar-refractivity contribution is -0.0483. The van der Waals surface area contributed by atoms with Gasteiger partial charge in [0, 0.05) is 0 Å². The zero-order valence-electron chi connectivity index (χ0n) is 13.5. The highest BCUT2D eigenvalue weighted by atomic mass is 31.2. The van der Waals surface area contributed by atoms with Gasteiger partial charge in [-0.2, -0.15) is 0 Å². The molecule has 0 aromatic carbocycles. The van der Waals surface area contributed by atoms with Crippen LogP contribution >= 0.6 is 15.2 Å². The van der Waals surface area contributed by atoms with Crippen LogP contribution in [0, 0.1) is 0 Å². The zero-order chi connectivity index (χ0) is 20.0. The minimum atomic E-state index is -4.79. The Morgan fingerprint density at radius 1 is 1.19 bits per heavy atom. The third kappa shape index (κ3) is 4.35. The van der Waals surface area contributed by atoms with Gasteiger partial charge < -0.3 is 39.9 Å². The molecule has 3 heterocycles. The van der Waals surface area contributed by atoms with Gasteiger partial charge in [0.2, 0.25) is 0 Å². The first-order chi connectivity index (χ1) is 12.5. The first kappa shape index (κ1) is 20.3. The predicted octanol–water partition coefficient (Wildman–Crippen LogP) is -1.64. The van der Waals surface area contributed by atoms with Gasteiger partial charge in [0.15, 0.2) is 23.6 Å². The maximum atomic E-state index is 11.7. The van der Waals surface area contributed by atoms with Crippen molar-refractivity contribution in [2.45, 2.75) is 24.5 Å². The highest BCUT2D eigenvalue weighted by molar-refractivity contribution is 7.70. The quantitative estimate of drug-likeness (QED) is 0.286. The second-order valence-electron chi connectivity index (χ2n) is 5.87. The number of hydrogen-bond donors (Lipinski definition) is 6. The summed E-state index contributed by atoms with van der Waals surface area (Å²) < 4.78 is 33.9. The van der Waals surface area contributed by atoms with E-state index >= 15 is 0 Å². The summed E-state index contributed by atoms with van der Waals surface area (Å²) in [6, 6.07) is 0. The predicted molar refractivity (Wildman–Crippen MR) is 88.3 cm³/mol. The van der Waals surface area contributed by atoms with Gasteiger partial charge >= 0.3 is 15.2 Å². The van der Waals surface area contributed by atoms with Crippen molar-refractivity contribution >= 4 is 32.2 Å². The molecule has 27 heavy (non-hydrogen) atoms. The second kappa shape index (κ2) is 7.17. The van der Waals surface area contributed by atoms with Crippen molar-refractivity contribution in [1.29, 1.82) is 0 Å². The van der Waals surface area contributed by atoms with Gasteiger partial charge in [0.1, 0.15) is 30.2 Å². The van der Waals surface area contributed by atoms with E-state index in [1.54, 1.807) is 0 Å². The Hall–Kier alpha value is -1.47. The normalized spacial score (nSPS) is 28.5. The van der Waals surface area contributed by atoms with Crippen molar-refractivity contribution in [3.05, 3.63) is 12.7 Å². The standard InChI is InChI=1S/C11H17N5O9P2/c12-9-6-10(14-2-13-9)16(3-15-6)11-8(18)7(17)5(25-11)1-24-27(22,23)4-26(19,20)21/h2-3,5,7-8,11,17-18H,1,4H2,(H,22,23)(H2,12,13,14)(H2,19,20,21)/t5-,7+,8-,11-/m1/s1. The number of nitrogens with two attached hydrogens (primary N) is 1. The summed E-state index contributed by atoms with van der Waals surface area (Å²) in [6.45, 7) is -0.688. The number of aromatic nitrogens is 4. The van der Waals surface area contributed by atoms with Crippen molar-refractivity contribution < 1.29 is 43.3 Å². The Kier molecular flexibility index (Phi) is 5.38. The monoisotopic (exact) mass is 425 g/mol. The van der Waals surface area contributed by atoms with Crippen molar-refractivity contribution in [2.24, 2.45) is 0 Å². The van der Waals surface area contributed by atoms with Crippen LogP contribution in [0.2, 0.25) is 0 Å². The molecule has 0 amide bonds. The van der Waals surface area contributed by atoms with Crippen LogP contribution in [-0.2, 0) is 18.4 Å². The zero-order valence-corrected chi connectivity index (χ0v) is 15.3. The number of hydrogen-bond acceptors (Lipinski definition) is 10. The number of fused-ring (bicyclic) bond motifs is 1. The summed E-state index contributed by atoms with van der Waals surface area (Å²) in [6.07, 6.45) is -2.94. The molecule has 1 fully saturated rings. The lowest BCUT2D eigenvalue weighted by atomic mass is 10.1.